The summed E-state index contributed by atoms with van der Waals surface area (Å²) in [7, 11) is 0. The molecule has 0 N–H and O–H groups in total. The highest BCUT2D eigenvalue weighted by atomic mass is 35.5. The van der Waals surface area contributed by atoms with Gasteiger partial charge in [0.15, 0.2) is 0 Å². The molecule has 0 heterocycles. The van der Waals surface area contributed by atoms with Gasteiger partial charge in [0.25, 0.3) is 0 Å². The van der Waals surface area contributed by atoms with Gasteiger partial charge in [-0.1, -0.05) is 58.6 Å². The van der Waals surface area contributed by atoms with Crippen LogP contribution in [-0.4, -0.2) is 6.79 Å². The molecule has 0 amide bonds. The third kappa shape index (κ3) is 7.88. The van der Waals surface area contributed by atoms with E-state index in [2.05, 4.69) is 0 Å². The molecule has 2 rings (SSSR count). The summed E-state index contributed by atoms with van der Waals surface area (Å²) in [5, 5.41) is 1.60. The molecule has 0 fully saturated rings. The molecule has 2 aromatic rings. The highest BCUT2D eigenvalue weighted by Gasteiger charge is 1.82. The van der Waals surface area contributed by atoms with E-state index in [0.29, 0.717) is 0 Å². The summed E-state index contributed by atoms with van der Waals surface area (Å²) in [4.78, 5) is 8.00. The van der Waals surface area contributed by atoms with Gasteiger partial charge in [-0.15, -0.1) is 0 Å². The maximum absolute atomic E-state index is 8.00. The Morgan fingerprint density at radius 2 is 0.889 bits per heavy atom. The van der Waals surface area contributed by atoms with E-state index < -0.39 is 0 Å². The van der Waals surface area contributed by atoms with Crippen molar-refractivity contribution in [2.24, 2.45) is 0 Å². The molecule has 0 spiro atoms. The number of carbonyl (C=O) groups excluding carboxylic acids is 1. The Balaban J connectivity index is 0.000000283. The third-order valence-corrected chi connectivity index (χ3v) is 2.53. The molecule has 0 radical (unpaired) electrons. The van der Waals surface area contributed by atoms with E-state index in [9.17, 15) is 0 Å². The second kappa shape index (κ2) is 9.69. The van der Waals surface area contributed by atoms with E-state index in [-0.39, 0.29) is 0 Å². The fourth-order valence-electron chi connectivity index (χ4n) is 1.07. The number of benzene rings is 2. The molecule has 0 aliphatic heterocycles. The van der Waals surface area contributed by atoms with Crippen molar-refractivity contribution >= 4 is 30.0 Å². The first kappa shape index (κ1) is 16.7. The van der Waals surface area contributed by atoms with Crippen molar-refractivity contribution in [3.8, 4) is 0 Å². The molecule has 96 valence electrons. The van der Waals surface area contributed by atoms with Crippen molar-refractivity contribution in [2.45, 2.75) is 13.8 Å². The molecule has 2 aromatic carbocycles. The molecule has 1 nitrogen and oxygen atoms in total. The van der Waals surface area contributed by atoms with Crippen LogP contribution in [0.4, 0.5) is 0 Å². The number of hydrogen-bond donors (Lipinski definition) is 0. The number of hydrogen-bond acceptors (Lipinski definition) is 1. The van der Waals surface area contributed by atoms with Crippen LogP contribution in [0.15, 0.2) is 48.5 Å². The molecule has 3 heteroatoms. The lowest BCUT2D eigenvalue weighted by Crippen LogP contribution is -1.66. The van der Waals surface area contributed by atoms with Crippen LogP contribution in [0.1, 0.15) is 11.1 Å². The molecule has 0 aliphatic carbocycles. The Bertz CT molecular complexity index is 350. The van der Waals surface area contributed by atoms with E-state index in [1.54, 1.807) is 0 Å². The number of aryl methyl sites for hydroxylation is 2. The SMILES string of the molecule is C=O.Cc1ccc(Cl)cc1.Cc1ccc(Cl)cc1. The molecular weight excluding hydrogens is 267 g/mol. The van der Waals surface area contributed by atoms with Gasteiger partial charge >= 0.3 is 0 Å². The number of halogens is 2. The molecule has 18 heavy (non-hydrogen) atoms. The van der Waals surface area contributed by atoms with Crippen LogP contribution in [0.5, 0.6) is 0 Å². The lowest BCUT2D eigenvalue weighted by molar-refractivity contribution is -0.0979. The second-order valence-corrected chi connectivity index (χ2v) is 4.46. The Hall–Kier alpha value is -1.31. The van der Waals surface area contributed by atoms with Crippen molar-refractivity contribution < 1.29 is 4.79 Å². The normalized spacial score (nSPS) is 8.44. The van der Waals surface area contributed by atoms with Gasteiger partial charge in [-0.05, 0) is 38.1 Å². The third-order valence-electron chi connectivity index (χ3n) is 2.02. The standard InChI is InChI=1S/2C7H7Cl.CH2O/c2*1-6-2-4-7(8)5-3-6;1-2/h2*2-5H,1H3;1H2. The lowest BCUT2D eigenvalue weighted by Gasteiger charge is -1.88. The van der Waals surface area contributed by atoms with E-state index >= 15 is 0 Å². The first-order valence-electron chi connectivity index (χ1n) is 5.31. The van der Waals surface area contributed by atoms with Crippen molar-refractivity contribution in [3.63, 3.8) is 0 Å². The molecular formula is C15H16Cl2O. The summed E-state index contributed by atoms with van der Waals surface area (Å²) in [5.74, 6) is 0. The zero-order valence-corrected chi connectivity index (χ0v) is 12.0. The van der Waals surface area contributed by atoms with Gasteiger partial charge in [0.2, 0.25) is 0 Å². The first-order valence-corrected chi connectivity index (χ1v) is 6.07. The van der Waals surface area contributed by atoms with E-state index in [1.807, 2.05) is 69.2 Å². The predicted molar refractivity (Wildman–Crippen MR) is 79.5 cm³/mol. The van der Waals surface area contributed by atoms with Crippen molar-refractivity contribution in [1.82, 2.24) is 0 Å². The maximum atomic E-state index is 8.00. The van der Waals surface area contributed by atoms with Crippen LogP contribution in [0.25, 0.3) is 0 Å². The van der Waals surface area contributed by atoms with Crippen molar-refractivity contribution in [2.75, 3.05) is 0 Å². The van der Waals surface area contributed by atoms with Crippen LogP contribution in [0.3, 0.4) is 0 Å². The van der Waals surface area contributed by atoms with Crippen LogP contribution in [-0.2, 0) is 4.79 Å². The Morgan fingerprint density at radius 3 is 1.06 bits per heavy atom. The fraction of sp³-hybridized carbons (Fsp3) is 0.133. The molecule has 0 saturated heterocycles. The summed E-state index contributed by atoms with van der Waals surface area (Å²) in [6.45, 7) is 6.08. The first-order chi connectivity index (χ1) is 8.58. The summed E-state index contributed by atoms with van der Waals surface area (Å²) in [6.07, 6.45) is 0. The van der Waals surface area contributed by atoms with Gasteiger partial charge in [-0.2, -0.15) is 0 Å². The predicted octanol–water partition coefficient (Wildman–Crippen LogP) is 5.11. The zero-order chi connectivity index (χ0) is 14.0. The monoisotopic (exact) mass is 282 g/mol. The van der Waals surface area contributed by atoms with Crippen LogP contribution >= 0.6 is 23.2 Å². The second-order valence-electron chi connectivity index (χ2n) is 3.59. The Kier molecular flexibility index (Phi) is 8.99. The maximum Gasteiger partial charge on any atom is 0.106 e. The minimum atomic E-state index is 0.801. The summed E-state index contributed by atoms with van der Waals surface area (Å²) < 4.78 is 0. The number of carbonyl (C=O) groups is 1. The van der Waals surface area contributed by atoms with Crippen LogP contribution in [0.2, 0.25) is 10.0 Å². The molecule has 0 aromatic heterocycles. The minimum Gasteiger partial charge on any atom is -0.307 e. The van der Waals surface area contributed by atoms with Gasteiger partial charge in [0, 0.05) is 10.0 Å². The zero-order valence-electron chi connectivity index (χ0n) is 10.5. The highest BCUT2D eigenvalue weighted by molar-refractivity contribution is 6.30. The summed E-state index contributed by atoms with van der Waals surface area (Å²) in [5.41, 5.74) is 2.49. The van der Waals surface area contributed by atoms with Crippen molar-refractivity contribution in [3.05, 3.63) is 69.7 Å². The van der Waals surface area contributed by atoms with Gasteiger partial charge in [-0.25, -0.2) is 0 Å². The molecule has 0 saturated carbocycles. The van der Waals surface area contributed by atoms with Crippen LogP contribution < -0.4 is 0 Å². The lowest BCUT2D eigenvalue weighted by atomic mass is 10.2. The minimum absolute atomic E-state index is 0.801. The summed E-state index contributed by atoms with van der Waals surface area (Å²) >= 11 is 11.2. The highest BCUT2D eigenvalue weighted by Crippen LogP contribution is 2.08. The Morgan fingerprint density at radius 1 is 0.667 bits per heavy atom. The largest absolute Gasteiger partial charge is 0.307 e. The molecule has 0 aliphatic rings. The number of rotatable bonds is 0. The summed E-state index contributed by atoms with van der Waals surface area (Å²) in [6, 6.07) is 15.5. The van der Waals surface area contributed by atoms with Gasteiger partial charge in [0.05, 0.1) is 0 Å². The smallest absolute Gasteiger partial charge is 0.106 e. The van der Waals surface area contributed by atoms with Crippen LogP contribution in [0, 0.1) is 13.8 Å². The quantitative estimate of drug-likeness (QED) is 0.656. The van der Waals surface area contributed by atoms with E-state index in [4.69, 9.17) is 28.0 Å². The van der Waals surface area contributed by atoms with Gasteiger partial charge in [0.1, 0.15) is 6.79 Å². The Labute approximate surface area is 118 Å². The topological polar surface area (TPSA) is 17.1 Å². The van der Waals surface area contributed by atoms with Crippen molar-refractivity contribution in [1.29, 1.82) is 0 Å². The van der Waals surface area contributed by atoms with E-state index in [1.165, 1.54) is 11.1 Å². The molecule has 0 bridgehead atoms. The van der Waals surface area contributed by atoms with Gasteiger partial charge < -0.3 is 4.79 Å². The molecule has 0 unspecified atom stereocenters. The average Bonchev–Trinajstić information content (AvgIpc) is 2.40. The van der Waals surface area contributed by atoms with E-state index in [0.717, 1.165) is 10.0 Å². The molecule has 0 atom stereocenters. The van der Waals surface area contributed by atoms with Gasteiger partial charge in [-0.3, -0.25) is 0 Å². The fourth-order valence-corrected chi connectivity index (χ4v) is 1.32. The average molecular weight is 283 g/mol.